The second kappa shape index (κ2) is 7.62. The quantitative estimate of drug-likeness (QED) is 0.562. The first-order valence-corrected chi connectivity index (χ1v) is 11.4. The Bertz CT molecular complexity index is 862. The van der Waals surface area contributed by atoms with Gasteiger partial charge >= 0.3 is 0 Å². The number of nitrogens with one attached hydrogen (secondary N) is 1. The van der Waals surface area contributed by atoms with Gasteiger partial charge in [-0.2, -0.15) is 0 Å². The fourth-order valence-corrected chi connectivity index (χ4v) is 5.28. The van der Waals surface area contributed by atoms with Crippen molar-refractivity contribution in [1.29, 1.82) is 0 Å². The molecule has 3 rings (SSSR count). The number of hydrogen-bond acceptors (Lipinski definition) is 3. The second-order valence-corrected chi connectivity index (χ2v) is 10.8. The molecule has 0 aliphatic carbocycles. The van der Waals surface area contributed by atoms with Crippen molar-refractivity contribution >= 4 is 44.2 Å². The molecule has 1 aromatic heterocycles. The maximum atomic E-state index is 12.8. The van der Waals surface area contributed by atoms with E-state index in [1.54, 1.807) is 23.1 Å². The van der Waals surface area contributed by atoms with Crippen LogP contribution in [0.25, 0.3) is 10.1 Å². The number of benzene rings is 2. The molecule has 0 saturated heterocycles. The Morgan fingerprint density at radius 1 is 1.08 bits per heavy atom. The van der Waals surface area contributed by atoms with Crippen LogP contribution < -0.4 is 4.72 Å². The summed E-state index contributed by atoms with van der Waals surface area (Å²) in [4.78, 5) is 2.41. The monoisotopic (exact) mass is 389 g/mol. The molecule has 0 saturated carbocycles. The third-order valence-corrected chi connectivity index (χ3v) is 7.51. The molecule has 5 heteroatoms. The minimum absolute atomic E-state index is 0.0823. The van der Waals surface area contributed by atoms with Crippen LogP contribution in [0, 0.1) is 0 Å². The van der Waals surface area contributed by atoms with E-state index < -0.39 is 11.0 Å². The Balaban J connectivity index is 2.09. The van der Waals surface area contributed by atoms with Crippen molar-refractivity contribution in [2.45, 2.75) is 36.5 Å². The smallest absolute Gasteiger partial charge is 0.0979 e. The minimum atomic E-state index is -1.15. The summed E-state index contributed by atoms with van der Waals surface area (Å²) in [5.41, 5.74) is 1.18. The highest BCUT2D eigenvalue weighted by molar-refractivity contribution is 7.98. The summed E-state index contributed by atoms with van der Waals surface area (Å²) in [6, 6.07) is 18.9. The van der Waals surface area contributed by atoms with Crippen LogP contribution in [0.15, 0.2) is 59.5 Å². The van der Waals surface area contributed by atoms with Crippen LogP contribution in [0.1, 0.15) is 37.3 Å². The Labute approximate surface area is 160 Å². The topological polar surface area (TPSA) is 29.1 Å². The van der Waals surface area contributed by atoms with Crippen LogP contribution in [0.2, 0.25) is 0 Å². The van der Waals surface area contributed by atoms with E-state index in [1.165, 1.54) is 25.4 Å². The van der Waals surface area contributed by atoms with Crippen LogP contribution >= 0.6 is 23.1 Å². The molecule has 3 aromatic rings. The zero-order valence-corrected chi connectivity index (χ0v) is 17.4. The van der Waals surface area contributed by atoms with Gasteiger partial charge in [0.1, 0.15) is 0 Å². The van der Waals surface area contributed by atoms with Crippen molar-refractivity contribution in [2.24, 2.45) is 0 Å². The zero-order valence-electron chi connectivity index (χ0n) is 14.9. The molecule has 25 heavy (non-hydrogen) atoms. The number of hydrogen-bond donors (Lipinski definition) is 1. The minimum Gasteiger partial charge on any atom is -0.242 e. The Morgan fingerprint density at radius 2 is 1.76 bits per heavy atom. The van der Waals surface area contributed by atoms with E-state index in [2.05, 4.69) is 65.6 Å². The van der Waals surface area contributed by atoms with Gasteiger partial charge in [0.15, 0.2) is 0 Å². The molecule has 0 amide bonds. The summed E-state index contributed by atoms with van der Waals surface area (Å²) in [5, 5.41) is 1.23. The first kappa shape index (κ1) is 18.6. The first-order valence-electron chi connectivity index (χ1n) is 8.19. The van der Waals surface area contributed by atoms with E-state index in [1.807, 2.05) is 20.8 Å². The van der Waals surface area contributed by atoms with Crippen molar-refractivity contribution in [1.82, 2.24) is 4.72 Å². The average Bonchev–Trinajstić information content (AvgIpc) is 3.02. The second-order valence-electron chi connectivity index (χ2n) is 6.86. The molecule has 0 bridgehead atoms. The lowest BCUT2D eigenvalue weighted by atomic mass is 10.1. The maximum absolute atomic E-state index is 12.8. The van der Waals surface area contributed by atoms with Crippen molar-refractivity contribution in [3.63, 3.8) is 0 Å². The Hall–Kier alpha value is -1.14. The average molecular weight is 390 g/mol. The lowest BCUT2D eigenvalue weighted by molar-refractivity contribution is 0.623. The molecule has 0 unspecified atom stereocenters. The summed E-state index contributed by atoms with van der Waals surface area (Å²) in [7, 11) is -1.15. The molecule has 0 aliphatic rings. The van der Waals surface area contributed by atoms with Gasteiger partial charge in [0, 0.05) is 14.5 Å². The summed E-state index contributed by atoms with van der Waals surface area (Å²) in [6.45, 7) is 6.00. The van der Waals surface area contributed by atoms with Gasteiger partial charge in [-0.25, -0.2) is 8.93 Å². The van der Waals surface area contributed by atoms with Crippen molar-refractivity contribution in [3.05, 3.63) is 65.0 Å². The van der Waals surface area contributed by atoms with Gasteiger partial charge < -0.3 is 0 Å². The van der Waals surface area contributed by atoms with Gasteiger partial charge in [-0.3, -0.25) is 0 Å². The van der Waals surface area contributed by atoms with Gasteiger partial charge in [-0.1, -0.05) is 36.4 Å². The summed E-state index contributed by atoms with van der Waals surface area (Å²) in [5.74, 6) is 0. The highest BCUT2D eigenvalue weighted by Crippen LogP contribution is 2.37. The third kappa shape index (κ3) is 4.17. The van der Waals surface area contributed by atoms with E-state index in [-0.39, 0.29) is 10.8 Å². The van der Waals surface area contributed by atoms with Gasteiger partial charge in [-0.05, 0) is 56.2 Å². The third-order valence-electron chi connectivity index (χ3n) is 3.96. The van der Waals surface area contributed by atoms with Gasteiger partial charge in [-0.15, -0.1) is 23.1 Å². The molecule has 132 valence electrons. The van der Waals surface area contributed by atoms with E-state index >= 15 is 0 Å². The number of rotatable bonds is 5. The highest BCUT2D eigenvalue weighted by Gasteiger charge is 2.27. The van der Waals surface area contributed by atoms with E-state index in [0.717, 1.165) is 0 Å². The summed E-state index contributed by atoms with van der Waals surface area (Å²) in [6.07, 6.45) is 2.08. The maximum Gasteiger partial charge on any atom is 0.0979 e. The van der Waals surface area contributed by atoms with E-state index in [4.69, 9.17) is 0 Å². The Morgan fingerprint density at radius 3 is 2.44 bits per heavy atom. The molecule has 0 fully saturated rings. The lowest BCUT2D eigenvalue weighted by Gasteiger charge is -2.25. The summed E-state index contributed by atoms with van der Waals surface area (Å²) < 4.78 is 17.2. The molecule has 0 aliphatic heterocycles. The van der Waals surface area contributed by atoms with Gasteiger partial charge in [0.2, 0.25) is 0 Å². The number of thiophene rings is 1. The lowest BCUT2D eigenvalue weighted by Crippen LogP contribution is -2.36. The van der Waals surface area contributed by atoms with Crippen LogP contribution in [0.4, 0.5) is 0 Å². The predicted molar refractivity (Wildman–Crippen MR) is 113 cm³/mol. The fraction of sp³-hybridized carbons (Fsp3) is 0.300. The van der Waals surface area contributed by atoms with E-state index in [0.29, 0.717) is 0 Å². The Kier molecular flexibility index (Phi) is 5.68. The van der Waals surface area contributed by atoms with Crippen LogP contribution in [0.3, 0.4) is 0 Å². The highest BCUT2D eigenvalue weighted by atomic mass is 32.2. The molecule has 1 N–H and O–H groups in total. The van der Waals surface area contributed by atoms with E-state index in [9.17, 15) is 4.21 Å². The fourth-order valence-electron chi connectivity index (χ4n) is 2.61. The summed E-state index contributed by atoms with van der Waals surface area (Å²) >= 11 is 3.49. The normalized spacial score (nSPS) is 14.6. The molecular formula is C20H23NOS3. The molecule has 1 heterocycles. The number of fused-ring (bicyclic) bond motifs is 1. The molecule has 2 aromatic carbocycles. The molecule has 2 nitrogen and oxygen atoms in total. The van der Waals surface area contributed by atoms with Crippen LogP contribution in [-0.2, 0) is 11.0 Å². The zero-order chi connectivity index (χ0) is 18.0. The number of thioether (sulfide) groups is 1. The standard InChI is InChI=1S/C20H23NOS3/c1-20(2,3)25(22)21-19(15-10-6-8-12-17(15)23-4)18-13-14-9-5-7-11-16(14)24-18/h5-13,19,21H,1-4H3/t19-,25+/m0/s1. The van der Waals surface area contributed by atoms with Gasteiger partial charge in [0.05, 0.1) is 21.8 Å². The largest absolute Gasteiger partial charge is 0.242 e. The first-order chi connectivity index (χ1) is 11.9. The van der Waals surface area contributed by atoms with Crippen molar-refractivity contribution in [2.75, 3.05) is 6.26 Å². The van der Waals surface area contributed by atoms with Crippen molar-refractivity contribution in [3.8, 4) is 0 Å². The predicted octanol–water partition coefficient (Wildman–Crippen LogP) is 5.76. The van der Waals surface area contributed by atoms with Crippen LogP contribution in [-0.4, -0.2) is 15.2 Å². The molecule has 0 radical (unpaired) electrons. The molecular weight excluding hydrogens is 366 g/mol. The molecule has 2 atom stereocenters. The van der Waals surface area contributed by atoms with Crippen molar-refractivity contribution < 1.29 is 4.21 Å². The molecule has 0 spiro atoms. The van der Waals surface area contributed by atoms with Gasteiger partial charge in [0.25, 0.3) is 0 Å². The van der Waals surface area contributed by atoms with Crippen LogP contribution in [0.5, 0.6) is 0 Å². The SMILES string of the molecule is CSc1ccccc1[C@H](N[S@](=O)C(C)(C)C)c1cc2ccccc2s1.